The second kappa shape index (κ2) is 7.04. The van der Waals surface area contributed by atoms with E-state index in [1.54, 1.807) is 24.3 Å². The third kappa shape index (κ3) is 4.63. The summed E-state index contributed by atoms with van der Waals surface area (Å²) in [6.45, 7) is 0.232. The summed E-state index contributed by atoms with van der Waals surface area (Å²) in [5, 5.41) is 22.5. The Morgan fingerprint density at radius 1 is 1.33 bits per heavy atom. The molecule has 0 aliphatic heterocycles. The Hall–Kier alpha value is -2.39. The largest absolute Gasteiger partial charge is 0.481 e. The average molecular weight is 247 g/mol. The molecule has 0 atom stereocenters. The van der Waals surface area contributed by atoms with Crippen LogP contribution in [0.25, 0.3) is 0 Å². The van der Waals surface area contributed by atoms with Crippen LogP contribution < -0.4 is 10.6 Å². The Kier molecular flexibility index (Phi) is 5.35. The van der Waals surface area contributed by atoms with Gasteiger partial charge in [-0.2, -0.15) is 5.26 Å². The number of carbonyl (C=O) groups is 2. The number of rotatable bonds is 6. The van der Waals surface area contributed by atoms with Gasteiger partial charge in [0.2, 0.25) is 5.91 Å². The quantitative estimate of drug-likeness (QED) is 0.637. The number of nitrogens with zero attached hydrogens (tertiary/aromatic N) is 1. The molecule has 1 rings (SSSR count). The number of nitrogens with one attached hydrogen (secondary N) is 2. The van der Waals surface area contributed by atoms with Crippen LogP contribution in [-0.2, 0) is 9.59 Å². The summed E-state index contributed by atoms with van der Waals surface area (Å²) in [7, 11) is 0. The van der Waals surface area contributed by atoms with Crippen LogP contribution in [0.1, 0.15) is 12.0 Å². The van der Waals surface area contributed by atoms with Crippen LogP contribution in [0.3, 0.4) is 0 Å². The third-order valence-electron chi connectivity index (χ3n) is 2.12. The molecular formula is C12H13N3O3. The van der Waals surface area contributed by atoms with E-state index in [0.717, 1.165) is 0 Å². The molecular weight excluding hydrogens is 234 g/mol. The van der Waals surface area contributed by atoms with Gasteiger partial charge in [0, 0.05) is 6.54 Å². The molecule has 0 unspecified atom stereocenters. The highest BCUT2D eigenvalue weighted by atomic mass is 16.4. The van der Waals surface area contributed by atoms with Crippen molar-refractivity contribution >= 4 is 17.6 Å². The highest BCUT2D eigenvalue weighted by Crippen LogP contribution is 2.12. The first-order valence-corrected chi connectivity index (χ1v) is 5.35. The summed E-state index contributed by atoms with van der Waals surface area (Å²) in [5.41, 5.74) is 0.835. The molecule has 0 aliphatic carbocycles. The number of aliphatic carboxylic acids is 1. The highest BCUT2D eigenvalue weighted by Gasteiger charge is 2.05. The van der Waals surface area contributed by atoms with E-state index >= 15 is 0 Å². The molecule has 0 heterocycles. The van der Waals surface area contributed by atoms with E-state index in [4.69, 9.17) is 10.4 Å². The topological polar surface area (TPSA) is 102 Å². The van der Waals surface area contributed by atoms with Crippen molar-refractivity contribution in [3.05, 3.63) is 29.8 Å². The standard InChI is InChI=1S/C12H13N3O3/c13-7-9-3-1-2-4-10(9)15-11(16)8-14-6-5-12(17)18/h1-4,14H,5-6,8H2,(H,15,16)(H,17,18). The molecule has 0 radical (unpaired) electrons. The van der Waals surface area contributed by atoms with Crippen molar-refractivity contribution in [1.29, 1.82) is 5.26 Å². The molecule has 0 aliphatic rings. The van der Waals surface area contributed by atoms with E-state index in [1.807, 2.05) is 6.07 Å². The number of hydrogen-bond acceptors (Lipinski definition) is 4. The predicted octanol–water partition coefficient (Wildman–Crippen LogP) is 0.561. The molecule has 0 saturated carbocycles. The van der Waals surface area contributed by atoms with Crippen LogP contribution in [0, 0.1) is 11.3 Å². The van der Waals surface area contributed by atoms with E-state index in [9.17, 15) is 9.59 Å². The Labute approximate surface area is 104 Å². The van der Waals surface area contributed by atoms with Gasteiger partial charge in [-0.1, -0.05) is 12.1 Å². The average Bonchev–Trinajstić information content (AvgIpc) is 2.35. The molecule has 94 valence electrons. The Balaban J connectivity index is 2.41. The van der Waals surface area contributed by atoms with Gasteiger partial charge in [-0.05, 0) is 12.1 Å². The lowest BCUT2D eigenvalue weighted by atomic mass is 10.2. The Morgan fingerprint density at radius 3 is 2.72 bits per heavy atom. The van der Waals surface area contributed by atoms with Gasteiger partial charge in [0.05, 0.1) is 24.2 Å². The van der Waals surface area contributed by atoms with Crippen LogP contribution in [0.2, 0.25) is 0 Å². The van der Waals surface area contributed by atoms with Gasteiger partial charge >= 0.3 is 5.97 Å². The van der Waals surface area contributed by atoms with Crippen molar-refractivity contribution in [1.82, 2.24) is 5.32 Å². The molecule has 0 aromatic heterocycles. The number of carboxylic acid groups (broad SMARTS) is 1. The second-order valence-corrected chi connectivity index (χ2v) is 3.53. The first-order valence-electron chi connectivity index (χ1n) is 5.35. The molecule has 1 amide bonds. The van der Waals surface area contributed by atoms with Gasteiger partial charge in [-0.15, -0.1) is 0 Å². The number of amides is 1. The molecule has 18 heavy (non-hydrogen) atoms. The number of hydrogen-bond donors (Lipinski definition) is 3. The van der Waals surface area contributed by atoms with Crippen LogP contribution in [0.4, 0.5) is 5.69 Å². The van der Waals surface area contributed by atoms with E-state index < -0.39 is 5.97 Å². The number of para-hydroxylation sites is 1. The molecule has 3 N–H and O–H groups in total. The van der Waals surface area contributed by atoms with Crippen molar-refractivity contribution in [3.8, 4) is 6.07 Å². The minimum absolute atomic E-state index is 0.00699. The van der Waals surface area contributed by atoms with Crippen molar-refractivity contribution < 1.29 is 14.7 Å². The maximum Gasteiger partial charge on any atom is 0.304 e. The van der Waals surface area contributed by atoms with Crippen molar-refractivity contribution in [2.45, 2.75) is 6.42 Å². The minimum Gasteiger partial charge on any atom is -0.481 e. The number of anilines is 1. The first kappa shape index (κ1) is 13.7. The zero-order valence-electron chi connectivity index (χ0n) is 9.64. The lowest BCUT2D eigenvalue weighted by Crippen LogP contribution is -2.29. The monoisotopic (exact) mass is 247 g/mol. The number of nitriles is 1. The van der Waals surface area contributed by atoms with Crippen molar-refractivity contribution in [2.75, 3.05) is 18.4 Å². The molecule has 1 aromatic rings. The molecule has 6 nitrogen and oxygen atoms in total. The Morgan fingerprint density at radius 2 is 2.06 bits per heavy atom. The van der Waals surface area contributed by atoms with Gasteiger partial charge in [0.15, 0.2) is 0 Å². The number of benzene rings is 1. The molecule has 1 aromatic carbocycles. The summed E-state index contributed by atoms with van der Waals surface area (Å²) >= 11 is 0. The molecule has 6 heteroatoms. The number of carboxylic acids is 1. The molecule has 0 fully saturated rings. The van der Waals surface area contributed by atoms with E-state index in [0.29, 0.717) is 11.3 Å². The molecule has 0 saturated heterocycles. The lowest BCUT2D eigenvalue weighted by molar-refractivity contribution is -0.137. The lowest BCUT2D eigenvalue weighted by Gasteiger charge is -2.07. The summed E-state index contributed by atoms with van der Waals surface area (Å²) in [6, 6.07) is 8.63. The SMILES string of the molecule is N#Cc1ccccc1NC(=O)CNCCC(=O)O. The second-order valence-electron chi connectivity index (χ2n) is 3.53. The predicted molar refractivity (Wildman–Crippen MR) is 64.9 cm³/mol. The molecule has 0 spiro atoms. The maximum atomic E-state index is 11.5. The van der Waals surface area contributed by atoms with Gasteiger partial charge in [0.25, 0.3) is 0 Å². The summed E-state index contributed by atoms with van der Waals surface area (Å²) < 4.78 is 0. The van der Waals surface area contributed by atoms with Gasteiger partial charge in [-0.25, -0.2) is 0 Å². The molecule has 0 bridgehead atoms. The number of carbonyl (C=O) groups excluding carboxylic acids is 1. The van der Waals surface area contributed by atoms with E-state index in [-0.39, 0.29) is 25.4 Å². The fourth-order valence-electron chi connectivity index (χ4n) is 1.28. The van der Waals surface area contributed by atoms with Crippen molar-refractivity contribution in [3.63, 3.8) is 0 Å². The van der Waals surface area contributed by atoms with E-state index in [1.165, 1.54) is 0 Å². The minimum atomic E-state index is -0.919. The van der Waals surface area contributed by atoms with Crippen LogP contribution in [0.5, 0.6) is 0 Å². The summed E-state index contributed by atoms with van der Waals surface area (Å²) in [6.07, 6.45) is -0.0396. The zero-order valence-corrected chi connectivity index (χ0v) is 9.64. The first-order chi connectivity index (χ1) is 8.63. The normalized spacial score (nSPS) is 9.50. The maximum absolute atomic E-state index is 11.5. The van der Waals surface area contributed by atoms with Crippen LogP contribution in [0.15, 0.2) is 24.3 Å². The van der Waals surface area contributed by atoms with Crippen LogP contribution in [-0.4, -0.2) is 30.1 Å². The van der Waals surface area contributed by atoms with E-state index in [2.05, 4.69) is 10.6 Å². The highest BCUT2D eigenvalue weighted by molar-refractivity contribution is 5.93. The fourth-order valence-corrected chi connectivity index (χ4v) is 1.28. The third-order valence-corrected chi connectivity index (χ3v) is 2.12. The van der Waals surface area contributed by atoms with Crippen molar-refractivity contribution in [2.24, 2.45) is 0 Å². The Bertz CT molecular complexity index is 480. The summed E-state index contributed by atoms with van der Waals surface area (Å²) in [4.78, 5) is 21.7. The fraction of sp³-hybridized carbons (Fsp3) is 0.250. The smallest absolute Gasteiger partial charge is 0.304 e. The van der Waals surface area contributed by atoms with Gasteiger partial charge in [-0.3, -0.25) is 9.59 Å². The van der Waals surface area contributed by atoms with Crippen LogP contribution >= 0.6 is 0 Å². The van der Waals surface area contributed by atoms with Gasteiger partial charge in [0.1, 0.15) is 6.07 Å². The zero-order chi connectivity index (χ0) is 13.4. The summed E-state index contributed by atoms with van der Waals surface area (Å²) in [5.74, 6) is -1.24. The van der Waals surface area contributed by atoms with Gasteiger partial charge < -0.3 is 15.7 Å².